The molecule has 1 unspecified atom stereocenters. The van der Waals surface area contributed by atoms with Crippen LogP contribution < -0.4 is 15.4 Å². The van der Waals surface area contributed by atoms with Crippen LogP contribution in [0.2, 0.25) is 0 Å². The Balaban J connectivity index is 1.66. The molecule has 2 N–H and O–H groups in total. The Morgan fingerprint density at radius 2 is 1.97 bits per heavy atom. The van der Waals surface area contributed by atoms with E-state index in [4.69, 9.17) is 10.00 Å². The molecule has 3 amide bonds. The van der Waals surface area contributed by atoms with Gasteiger partial charge in [0, 0.05) is 18.2 Å². The average molecular weight is 457 g/mol. The van der Waals surface area contributed by atoms with Crippen LogP contribution in [-0.2, 0) is 4.79 Å². The molecule has 0 saturated carbocycles. The number of hydrogen-bond acceptors (Lipinski definition) is 6. The molecule has 2 heterocycles. The molecule has 0 aliphatic carbocycles. The van der Waals surface area contributed by atoms with E-state index in [1.54, 1.807) is 24.3 Å². The summed E-state index contributed by atoms with van der Waals surface area (Å²) in [5.41, 5.74) is 0.443. The van der Waals surface area contributed by atoms with E-state index in [1.165, 1.54) is 25.6 Å². The second-order valence-electron chi connectivity index (χ2n) is 7.35. The summed E-state index contributed by atoms with van der Waals surface area (Å²) in [7, 11) is 1.50. The van der Waals surface area contributed by atoms with Crippen LogP contribution in [0.4, 0.5) is 14.5 Å². The second kappa shape index (κ2) is 10.0. The predicted octanol–water partition coefficient (Wildman–Crippen LogP) is 2.22. The molecule has 1 saturated heterocycles. The van der Waals surface area contributed by atoms with Crippen molar-refractivity contribution in [3.05, 3.63) is 53.9 Å². The number of piperidine rings is 1. The van der Waals surface area contributed by atoms with Crippen LogP contribution in [0.25, 0.3) is 0 Å². The number of anilines is 1. The van der Waals surface area contributed by atoms with Gasteiger partial charge in [-0.1, -0.05) is 0 Å². The minimum absolute atomic E-state index is 0.0282. The van der Waals surface area contributed by atoms with Gasteiger partial charge >= 0.3 is 0 Å². The first-order valence-corrected chi connectivity index (χ1v) is 9.98. The second-order valence-corrected chi connectivity index (χ2v) is 7.35. The fraction of sp³-hybridized carbons (Fsp3) is 0.318. The Kier molecular flexibility index (Phi) is 7.17. The lowest BCUT2D eigenvalue weighted by molar-refractivity contribution is -0.143. The minimum Gasteiger partial charge on any atom is -0.497 e. The number of carbonyl (C=O) groups excluding carboxylic acids is 3. The lowest BCUT2D eigenvalue weighted by atomic mass is 10.00. The quantitative estimate of drug-likeness (QED) is 0.686. The van der Waals surface area contributed by atoms with E-state index >= 15 is 0 Å². The van der Waals surface area contributed by atoms with E-state index in [0.29, 0.717) is 11.3 Å². The smallest absolute Gasteiger partial charge is 0.265 e. The monoisotopic (exact) mass is 457 g/mol. The van der Waals surface area contributed by atoms with Crippen molar-refractivity contribution in [1.29, 1.82) is 5.26 Å². The molecule has 1 aliphatic rings. The summed E-state index contributed by atoms with van der Waals surface area (Å²) in [4.78, 5) is 42.3. The van der Waals surface area contributed by atoms with Gasteiger partial charge in [0.2, 0.25) is 5.91 Å². The Morgan fingerprint density at radius 3 is 2.64 bits per heavy atom. The number of hydrogen-bond donors (Lipinski definition) is 2. The van der Waals surface area contributed by atoms with Gasteiger partial charge in [0.15, 0.2) is 0 Å². The van der Waals surface area contributed by atoms with E-state index in [9.17, 15) is 23.2 Å². The summed E-state index contributed by atoms with van der Waals surface area (Å²) in [6.45, 7) is -1.46. The zero-order valence-electron chi connectivity index (χ0n) is 17.7. The number of alkyl halides is 2. The van der Waals surface area contributed by atoms with Crippen LogP contribution >= 0.6 is 0 Å². The van der Waals surface area contributed by atoms with E-state index in [2.05, 4.69) is 15.6 Å². The molecule has 11 heteroatoms. The van der Waals surface area contributed by atoms with Gasteiger partial charge in [0.1, 0.15) is 11.8 Å². The number of nitrogens with zero attached hydrogens (tertiary/aromatic N) is 3. The van der Waals surface area contributed by atoms with Crippen molar-refractivity contribution < 1.29 is 27.9 Å². The average Bonchev–Trinajstić information content (AvgIpc) is 2.82. The number of rotatable bonds is 6. The Labute approximate surface area is 188 Å². The van der Waals surface area contributed by atoms with Crippen LogP contribution in [0.15, 0.2) is 42.7 Å². The number of nitrogens with one attached hydrogen (secondary N) is 2. The van der Waals surface area contributed by atoms with E-state index in [-0.39, 0.29) is 17.7 Å². The van der Waals surface area contributed by atoms with Gasteiger partial charge in [-0.25, -0.2) is 8.78 Å². The standard InChI is InChI=1S/C22H21F2N5O4/c1-33-16-4-2-14(3-5-16)20(31)28-18-11-26-9-7-17(18)21(32)27-12-19(30)29-13-22(23,24)8-6-15(29)10-25/h2-5,7,9,11,15H,6,8,12-13H2,1H3,(H,27,32)(H,28,31). The molecule has 33 heavy (non-hydrogen) atoms. The van der Waals surface area contributed by atoms with Crippen molar-refractivity contribution in [2.24, 2.45) is 0 Å². The zero-order chi connectivity index (χ0) is 24.0. The summed E-state index contributed by atoms with van der Waals surface area (Å²) in [5.74, 6) is -4.53. The number of amides is 3. The molecule has 0 radical (unpaired) electrons. The summed E-state index contributed by atoms with van der Waals surface area (Å²) in [5, 5.41) is 14.1. The highest BCUT2D eigenvalue weighted by molar-refractivity contribution is 6.09. The maximum absolute atomic E-state index is 13.7. The van der Waals surface area contributed by atoms with E-state index in [1.807, 2.05) is 6.07 Å². The highest BCUT2D eigenvalue weighted by Crippen LogP contribution is 2.30. The molecular weight excluding hydrogens is 436 g/mol. The molecule has 1 fully saturated rings. The summed E-state index contributed by atoms with van der Waals surface area (Å²) in [6.07, 6.45) is 1.98. The lowest BCUT2D eigenvalue weighted by Gasteiger charge is -2.36. The maximum Gasteiger partial charge on any atom is 0.265 e. The van der Waals surface area contributed by atoms with Crippen molar-refractivity contribution in [2.45, 2.75) is 24.8 Å². The molecule has 1 atom stereocenters. The number of halogens is 2. The topological polar surface area (TPSA) is 124 Å². The molecule has 0 bridgehead atoms. The van der Waals surface area contributed by atoms with Gasteiger partial charge in [0.25, 0.3) is 17.7 Å². The summed E-state index contributed by atoms with van der Waals surface area (Å²) < 4.78 is 32.4. The van der Waals surface area contributed by atoms with Gasteiger partial charge in [0.05, 0.1) is 43.7 Å². The van der Waals surface area contributed by atoms with Crippen LogP contribution in [0.3, 0.4) is 0 Å². The Hall–Kier alpha value is -4.07. The normalized spacial score (nSPS) is 16.9. The van der Waals surface area contributed by atoms with Crippen molar-refractivity contribution in [3.8, 4) is 11.8 Å². The van der Waals surface area contributed by atoms with Crippen molar-refractivity contribution in [2.75, 3.05) is 25.5 Å². The van der Waals surface area contributed by atoms with Crippen LogP contribution in [-0.4, -0.2) is 59.8 Å². The van der Waals surface area contributed by atoms with Gasteiger partial charge in [-0.15, -0.1) is 0 Å². The molecule has 2 aromatic rings. The third kappa shape index (κ3) is 5.79. The first-order valence-electron chi connectivity index (χ1n) is 9.98. The van der Waals surface area contributed by atoms with Crippen molar-refractivity contribution in [1.82, 2.24) is 15.2 Å². The molecule has 0 spiro atoms. The third-order valence-corrected chi connectivity index (χ3v) is 5.10. The number of pyridine rings is 1. The molecule has 9 nitrogen and oxygen atoms in total. The SMILES string of the molecule is COc1ccc(C(=O)Nc2cnccc2C(=O)NCC(=O)N2CC(F)(F)CCC2C#N)cc1. The maximum atomic E-state index is 13.7. The fourth-order valence-electron chi connectivity index (χ4n) is 3.32. The van der Waals surface area contributed by atoms with E-state index < -0.39 is 49.2 Å². The Bertz CT molecular complexity index is 1080. The third-order valence-electron chi connectivity index (χ3n) is 5.10. The van der Waals surface area contributed by atoms with Crippen LogP contribution in [0, 0.1) is 11.3 Å². The zero-order valence-corrected chi connectivity index (χ0v) is 17.7. The van der Waals surface area contributed by atoms with Gasteiger partial charge in [-0.2, -0.15) is 5.26 Å². The highest BCUT2D eigenvalue weighted by Gasteiger charge is 2.42. The molecule has 3 rings (SSSR count). The number of methoxy groups -OCH3 is 1. The molecular formula is C22H21F2N5O4. The van der Waals surface area contributed by atoms with Gasteiger partial charge < -0.3 is 20.3 Å². The predicted molar refractivity (Wildman–Crippen MR) is 113 cm³/mol. The fourth-order valence-corrected chi connectivity index (χ4v) is 3.32. The lowest BCUT2D eigenvalue weighted by Crippen LogP contribution is -2.53. The van der Waals surface area contributed by atoms with E-state index in [0.717, 1.165) is 4.90 Å². The highest BCUT2D eigenvalue weighted by atomic mass is 19.3. The number of benzene rings is 1. The number of nitriles is 1. The number of likely N-dealkylation sites (tertiary alicyclic amines) is 1. The largest absolute Gasteiger partial charge is 0.497 e. The molecule has 1 aromatic carbocycles. The number of aromatic nitrogens is 1. The number of ether oxygens (including phenoxy) is 1. The van der Waals surface area contributed by atoms with Crippen LogP contribution in [0.5, 0.6) is 5.75 Å². The summed E-state index contributed by atoms with van der Waals surface area (Å²) in [6, 6.07) is 8.51. The van der Waals surface area contributed by atoms with Crippen molar-refractivity contribution >= 4 is 23.4 Å². The Morgan fingerprint density at radius 1 is 1.24 bits per heavy atom. The first-order chi connectivity index (χ1) is 15.7. The van der Waals surface area contributed by atoms with Crippen molar-refractivity contribution in [3.63, 3.8) is 0 Å². The van der Waals surface area contributed by atoms with Gasteiger partial charge in [-0.3, -0.25) is 19.4 Å². The molecule has 172 valence electrons. The van der Waals surface area contributed by atoms with Gasteiger partial charge in [-0.05, 0) is 36.8 Å². The van der Waals surface area contributed by atoms with Crippen LogP contribution in [0.1, 0.15) is 33.6 Å². The molecule has 1 aliphatic heterocycles. The first kappa shape index (κ1) is 23.6. The number of carbonyl (C=O) groups is 3. The summed E-state index contributed by atoms with van der Waals surface area (Å²) >= 11 is 0. The molecule has 1 aromatic heterocycles. The minimum atomic E-state index is -3.09.